The molecule has 114 valence electrons. The van der Waals surface area contributed by atoms with Crippen molar-refractivity contribution in [2.24, 2.45) is 0 Å². The Labute approximate surface area is 126 Å². The van der Waals surface area contributed by atoms with Crippen LogP contribution >= 0.6 is 0 Å². The maximum absolute atomic E-state index is 12.1. The van der Waals surface area contributed by atoms with E-state index >= 15 is 0 Å². The van der Waals surface area contributed by atoms with Crippen LogP contribution in [0, 0.1) is 0 Å². The fraction of sp³-hybridized carbons (Fsp3) is 0.588. The van der Waals surface area contributed by atoms with Crippen LogP contribution in [-0.2, 0) is 4.74 Å². The highest BCUT2D eigenvalue weighted by Gasteiger charge is 2.35. The van der Waals surface area contributed by atoms with Crippen LogP contribution in [0.25, 0.3) is 0 Å². The average Bonchev–Trinajstić information content (AvgIpc) is 2.53. The molecule has 21 heavy (non-hydrogen) atoms. The fourth-order valence-corrected chi connectivity index (χ4v) is 3.68. The summed E-state index contributed by atoms with van der Waals surface area (Å²) in [5.74, 6) is 0.722. The number of methoxy groups -OCH3 is 1. The summed E-state index contributed by atoms with van der Waals surface area (Å²) in [6.45, 7) is 3.19. The van der Waals surface area contributed by atoms with Crippen LogP contribution in [0.3, 0.4) is 0 Å². The van der Waals surface area contributed by atoms with Gasteiger partial charge in [0.15, 0.2) is 5.78 Å². The third kappa shape index (κ3) is 2.64. The largest absolute Gasteiger partial charge is 0.496 e. The Morgan fingerprint density at radius 3 is 2.90 bits per heavy atom. The molecule has 0 spiro atoms. The molecule has 4 heteroatoms. The molecule has 1 aliphatic carbocycles. The molecule has 3 rings (SSSR count). The Kier molecular flexibility index (Phi) is 4.15. The van der Waals surface area contributed by atoms with Crippen LogP contribution in [-0.4, -0.2) is 38.2 Å². The molecule has 0 N–H and O–H groups in total. The zero-order valence-corrected chi connectivity index (χ0v) is 12.8. The SMILES string of the molecule is COc1cccc(N2CCOC3CCCCC32)c1C(C)=O. The van der Waals surface area contributed by atoms with Gasteiger partial charge in [0.05, 0.1) is 37.1 Å². The fourth-order valence-electron chi connectivity index (χ4n) is 3.68. The van der Waals surface area contributed by atoms with E-state index < -0.39 is 0 Å². The van der Waals surface area contributed by atoms with Crippen LogP contribution in [0.5, 0.6) is 5.75 Å². The molecule has 0 aromatic heterocycles. The summed E-state index contributed by atoms with van der Waals surface area (Å²) in [5.41, 5.74) is 1.70. The molecule has 1 aromatic carbocycles. The maximum Gasteiger partial charge on any atom is 0.165 e. The number of ketones is 1. The second kappa shape index (κ2) is 6.06. The highest BCUT2D eigenvalue weighted by atomic mass is 16.5. The van der Waals surface area contributed by atoms with Gasteiger partial charge in [0, 0.05) is 6.54 Å². The lowest BCUT2D eigenvalue weighted by atomic mass is 9.89. The first-order valence-corrected chi connectivity index (χ1v) is 7.78. The number of rotatable bonds is 3. The summed E-state index contributed by atoms with van der Waals surface area (Å²) in [4.78, 5) is 14.5. The first-order valence-electron chi connectivity index (χ1n) is 7.78. The Balaban J connectivity index is 2.00. The number of hydrogen-bond donors (Lipinski definition) is 0. The zero-order valence-electron chi connectivity index (χ0n) is 12.8. The highest BCUT2D eigenvalue weighted by Crippen LogP contribution is 2.36. The molecule has 4 nitrogen and oxygen atoms in total. The van der Waals surface area contributed by atoms with Gasteiger partial charge < -0.3 is 14.4 Å². The van der Waals surface area contributed by atoms with E-state index in [0.29, 0.717) is 23.5 Å². The van der Waals surface area contributed by atoms with Gasteiger partial charge in [0.1, 0.15) is 5.75 Å². The molecule has 0 amide bonds. The average molecular weight is 289 g/mol. The molecule has 2 unspecified atom stereocenters. The van der Waals surface area contributed by atoms with Crippen LogP contribution in [0.15, 0.2) is 18.2 Å². The molecular formula is C17H23NO3. The molecule has 1 aromatic rings. The molecule has 2 atom stereocenters. The summed E-state index contributed by atoms with van der Waals surface area (Å²) < 4.78 is 11.3. The number of morpholine rings is 1. The van der Waals surface area contributed by atoms with Crippen LogP contribution < -0.4 is 9.64 Å². The predicted octanol–water partition coefficient (Wildman–Crippen LogP) is 3.05. The maximum atomic E-state index is 12.1. The third-order valence-corrected chi connectivity index (χ3v) is 4.62. The second-order valence-corrected chi connectivity index (χ2v) is 5.87. The Morgan fingerprint density at radius 2 is 2.14 bits per heavy atom. The van der Waals surface area contributed by atoms with Crippen molar-refractivity contribution >= 4 is 11.5 Å². The van der Waals surface area contributed by atoms with E-state index in [1.54, 1.807) is 14.0 Å². The van der Waals surface area contributed by atoms with Gasteiger partial charge in [-0.2, -0.15) is 0 Å². The van der Waals surface area contributed by atoms with Gasteiger partial charge >= 0.3 is 0 Å². The van der Waals surface area contributed by atoms with Crippen molar-refractivity contribution in [2.75, 3.05) is 25.2 Å². The van der Waals surface area contributed by atoms with Gasteiger partial charge in [-0.05, 0) is 31.9 Å². The first-order chi connectivity index (χ1) is 10.2. The van der Waals surface area contributed by atoms with Crippen molar-refractivity contribution in [3.05, 3.63) is 23.8 Å². The van der Waals surface area contributed by atoms with Gasteiger partial charge in [0.2, 0.25) is 0 Å². The van der Waals surface area contributed by atoms with Gasteiger partial charge in [-0.1, -0.05) is 18.9 Å². The zero-order chi connectivity index (χ0) is 14.8. The molecule has 1 heterocycles. The molecule has 0 radical (unpaired) electrons. The van der Waals surface area contributed by atoms with Crippen molar-refractivity contribution in [3.8, 4) is 5.75 Å². The number of nitrogens with zero attached hydrogens (tertiary/aromatic N) is 1. The second-order valence-electron chi connectivity index (χ2n) is 5.87. The normalized spacial score (nSPS) is 25.3. The molecular weight excluding hydrogens is 266 g/mol. The lowest BCUT2D eigenvalue weighted by Gasteiger charge is -2.45. The topological polar surface area (TPSA) is 38.8 Å². The lowest BCUT2D eigenvalue weighted by molar-refractivity contribution is -0.00874. The van der Waals surface area contributed by atoms with Crippen LogP contribution in [0.2, 0.25) is 0 Å². The van der Waals surface area contributed by atoms with E-state index in [2.05, 4.69) is 4.90 Å². The van der Waals surface area contributed by atoms with E-state index in [1.807, 2.05) is 18.2 Å². The molecule has 1 saturated carbocycles. The van der Waals surface area contributed by atoms with Gasteiger partial charge in [0.25, 0.3) is 0 Å². The number of ether oxygens (including phenoxy) is 2. The summed E-state index contributed by atoms with van der Waals surface area (Å²) in [6.07, 6.45) is 5.05. The summed E-state index contributed by atoms with van der Waals surface area (Å²) in [6, 6.07) is 6.25. The number of carbonyl (C=O) groups excluding carboxylic acids is 1. The van der Waals surface area contributed by atoms with Crippen molar-refractivity contribution < 1.29 is 14.3 Å². The van der Waals surface area contributed by atoms with Crippen molar-refractivity contribution in [2.45, 2.75) is 44.8 Å². The van der Waals surface area contributed by atoms with E-state index in [-0.39, 0.29) is 5.78 Å². The van der Waals surface area contributed by atoms with Gasteiger partial charge in [-0.25, -0.2) is 0 Å². The Hall–Kier alpha value is -1.55. The standard InChI is InChI=1S/C17H23NO3/c1-12(19)17-14(7-5-9-16(17)20-2)18-10-11-21-15-8-4-3-6-13(15)18/h5,7,9,13,15H,3-4,6,8,10-11H2,1-2H3. The summed E-state index contributed by atoms with van der Waals surface area (Å²) in [7, 11) is 1.62. The van der Waals surface area contributed by atoms with E-state index in [0.717, 1.165) is 31.7 Å². The predicted molar refractivity (Wildman–Crippen MR) is 82.3 cm³/mol. The molecule has 0 bridgehead atoms. The van der Waals surface area contributed by atoms with Crippen LogP contribution in [0.4, 0.5) is 5.69 Å². The van der Waals surface area contributed by atoms with Crippen LogP contribution in [0.1, 0.15) is 43.0 Å². The first kappa shape index (κ1) is 14.4. The van der Waals surface area contributed by atoms with Crippen molar-refractivity contribution in [1.29, 1.82) is 0 Å². The molecule has 1 saturated heterocycles. The number of carbonyl (C=O) groups is 1. The molecule has 1 aliphatic heterocycles. The summed E-state index contributed by atoms with van der Waals surface area (Å²) >= 11 is 0. The smallest absolute Gasteiger partial charge is 0.165 e. The van der Waals surface area contributed by atoms with Crippen molar-refractivity contribution in [3.63, 3.8) is 0 Å². The quantitative estimate of drug-likeness (QED) is 0.802. The molecule has 2 aliphatic rings. The third-order valence-electron chi connectivity index (χ3n) is 4.62. The summed E-state index contributed by atoms with van der Waals surface area (Å²) in [5, 5.41) is 0. The number of Topliss-reactive ketones (excluding diaryl/α,β-unsaturated/α-hetero) is 1. The monoisotopic (exact) mass is 289 g/mol. The minimum absolute atomic E-state index is 0.0568. The number of fused-ring (bicyclic) bond motifs is 1. The number of anilines is 1. The van der Waals surface area contributed by atoms with E-state index in [9.17, 15) is 4.79 Å². The number of hydrogen-bond acceptors (Lipinski definition) is 4. The Bertz CT molecular complexity index is 527. The Morgan fingerprint density at radius 1 is 1.33 bits per heavy atom. The highest BCUT2D eigenvalue weighted by molar-refractivity contribution is 6.02. The molecule has 2 fully saturated rings. The minimum atomic E-state index is 0.0568. The van der Waals surface area contributed by atoms with Gasteiger partial charge in [-0.15, -0.1) is 0 Å². The van der Waals surface area contributed by atoms with Gasteiger partial charge in [-0.3, -0.25) is 4.79 Å². The lowest BCUT2D eigenvalue weighted by Crippen LogP contribution is -2.53. The van der Waals surface area contributed by atoms with Crippen molar-refractivity contribution in [1.82, 2.24) is 0 Å². The minimum Gasteiger partial charge on any atom is -0.496 e. The van der Waals surface area contributed by atoms with E-state index in [4.69, 9.17) is 9.47 Å². The van der Waals surface area contributed by atoms with E-state index in [1.165, 1.54) is 12.8 Å². The number of benzene rings is 1.